The molecule has 1 aromatic carbocycles. The molecule has 0 saturated heterocycles. The summed E-state index contributed by atoms with van der Waals surface area (Å²) in [5, 5.41) is 16.0. The Labute approximate surface area is 162 Å². The molecule has 140 valence electrons. The molecule has 1 atom stereocenters. The van der Waals surface area contributed by atoms with E-state index in [1.165, 1.54) is 18.0 Å². The smallest absolute Gasteiger partial charge is 0.331 e. The normalized spacial score (nSPS) is 16.3. The molecule has 9 heteroatoms. The van der Waals surface area contributed by atoms with Crippen molar-refractivity contribution in [1.82, 2.24) is 14.6 Å². The Balaban J connectivity index is 2.09. The second kappa shape index (κ2) is 7.36. The second-order valence-electron chi connectivity index (χ2n) is 6.04. The predicted octanol–water partition coefficient (Wildman–Crippen LogP) is 1.89. The molecule has 1 amide bonds. The summed E-state index contributed by atoms with van der Waals surface area (Å²) in [6.07, 6.45) is 1.65. The van der Waals surface area contributed by atoms with Gasteiger partial charge in [0.15, 0.2) is 0 Å². The lowest BCUT2D eigenvalue weighted by molar-refractivity contribution is -0.130. The van der Waals surface area contributed by atoms with Gasteiger partial charge in [-0.05, 0) is 17.7 Å². The molecule has 1 aliphatic rings. The van der Waals surface area contributed by atoms with Crippen LogP contribution in [-0.2, 0) is 11.3 Å². The van der Waals surface area contributed by atoms with Crippen molar-refractivity contribution in [2.75, 3.05) is 0 Å². The third kappa shape index (κ3) is 3.50. The summed E-state index contributed by atoms with van der Waals surface area (Å²) in [6.45, 7) is 4.93. The number of rotatable bonds is 4. The van der Waals surface area contributed by atoms with Gasteiger partial charge >= 0.3 is 5.69 Å². The largest absolute Gasteiger partial charge is 0.494 e. The first-order valence-corrected chi connectivity index (χ1v) is 8.93. The third-order valence-corrected chi connectivity index (χ3v) is 4.79. The van der Waals surface area contributed by atoms with Crippen molar-refractivity contribution in [3.63, 3.8) is 0 Å². The van der Waals surface area contributed by atoms with Crippen molar-refractivity contribution < 1.29 is 9.90 Å². The van der Waals surface area contributed by atoms with Crippen molar-refractivity contribution in [2.45, 2.75) is 25.9 Å². The number of nitrogens with one attached hydrogen (secondary N) is 1. The van der Waals surface area contributed by atoms with Gasteiger partial charge in [0.05, 0.1) is 11.8 Å². The van der Waals surface area contributed by atoms with E-state index in [9.17, 15) is 19.5 Å². The summed E-state index contributed by atoms with van der Waals surface area (Å²) in [6, 6.07) is 6.99. The molecule has 0 unspecified atom stereocenters. The Hall–Kier alpha value is -2.94. The van der Waals surface area contributed by atoms with Crippen molar-refractivity contribution in [3.8, 4) is 5.88 Å². The first kappa shape index (κ1) is 18.8. The van der Waals surface area contributed by atoms with Crippen molar-refractivity contribution in [2.24, 2.45) is 5.10 Å². The predicted molar refractivity (Wildman–Crippen MR) is 104 cm³/mol. The van der Waals surface area contributed by atoms with Gasteiger partial charge in [0.2, 0.25) is 11.8 Å². The van der Waals surface area contributed by atoms with Crippen molar-refractivity contribution >= 4 is 27.5 Å². The number of hydrazone groups is 1. The number of carbonyl (C=O) groups excluding carboxylic acids is 1. The fourth-order valence-corrected chi connectivity index (χ4v) is 3.28. The molecular weight excluding hydrogens is 416 g/mol. The van der Waals surface area contributed by atoms with E-state index in [1.54, 1.807) is 0 Å². The van der Waals surface area contributed by atoms with E-state index in [1.807, 2.05) is 24.3 Å². The second-order valence-corrected chi connectivity index (χ2v) is 6.95. The fourth-order valence-electron chi connectivity index (χ4n) is 3.01. The molecule has 1 aliphatic heterocycles. The van der Waals surface area contributed by atoms with E-state index in [4.69, 9.17) is 0 Å². The van der Waals surface area contributed by atoms with E-state index in [-0.39, 0.29) is 30.1 Å². The van der Waals surface area contributed by atoms with E-state index in [2.05, 4.69) is 32.6 Å². The quantitative estimate of drug-likeness (QED) is 0.718. The number of aromatic hydroxyl groups is 1. The van der Waals surface area contributed by atoms with E-state index in [0.717, 1.165) is 14.6 Å². The number of hydrogen-bond acceptors (Lipinski definition) is 5. The van der Waals surface area contributed by atoms with Crippen LogP contribution in [0.1, 0.15) is 30.5 Å². The zero-order chi connectivity index (χ0) is 19.7. The van der Waals surface area contributed by atoms with Crippen LogP contribution in [0.4, 0.5) is 0 Å². The summed E-state index contributed by atoms with van der Waals surface area (Å²) in [4.78, 5) is 38.5. The molecule has 0 saturated carbocycles. The standard InChI is InChI=1S/C18H17BrN4O4/c1-3-8-22-17(26)15(16(25)20-18(22)27)13-9-14(23(21-13)10(2)24)11-4-6-12(19)7-5-11/h3-7,14,26H,1,8-9H2,2H3,(H,20,25,27)/t14-/m1/s1. The molecular formula is C18H17BrN4O4. The van der Waals surface area contributed by atoms with Crippen molar-refractivity contribution in [1.29, 1.82) is 0 Å². The monoisotopic (exact) mass is 432 g/mol. The minimum absolute atomic E-state index is 0.0221. The Kier molecular flexibility index (Phi) is 5.13. The zero-order valence-electron chi connectivity index (χ0n) is 14.5. The average Bonchev–Trinajstić information content (AvgIpc) is 3.04. The molecule has 2 aromatic rings. The molecule has 3 rings (SSSR count). The van der Waals surface area contributed by atoms with Crippen LogP contribution in [0.5, 0.6) is 5.88 Å². The van der Waals surface area contributed by atoms with Gasteiger partial charge in [0, 0.05) is 24.4 Å². The van der Waals surface area contributed by atoms with Crippen LogP contribution in [0.25, 0.3) is 0 Å². The summed E-state index contributed by atoms with van der Waals surface area (Å²) < 4.78 is 1.88. The van der Waals surface area contributed by atoms with Gasteiger partial charge in [-0.25, -0.2) is 9.80 Å². The molecule has 0 radical (unpaired) electrons. The number of benzene rings is 1. The average molecular weight is 433 g/mol. The van der Waals surface area contributed by atoms with Gasteiger partial charge in [-0.2, -0.15) is 5.10 Å². The highest BCUT2D eigenvalue weighted by atomic mass is 79.9. The summed E-state index contributed by atoms with van der Waals surface area (Å²) >= 11 is 3.37. The van der Waals surface area contributed by atoms with Gasteiger partial charge < -0.3 is 5.11 Å². The van der Waals surface area contributed by atoms with Crippen LogP contribution in [0.15, 0.2) is 56.1 Å². The minimum atomic E-state index is -0.753. The Morgan fingerprint density at radius 1 is 1.41 bits per heavy atom. The summed E-state index contributed by atoms with van der Waals surface area (Å²) in [5.74, 6) is -0.796. The maximum Gasteiger partial charge on any atom is 0.331 e. The van der Waals surface area contributed by atoms with Crippen molar-refractivity contribution in [3.05, 3.63) is 73.4 Å². The maximum absolute atomic E-state index is 12.3. The molecule has 8 nitrogen and oxygen atoms in total. The van der Waals surface area contributed by atoms with Crippen LogP contribution < -0.4 is 11.2 Å². The Bertz CT molecular complexity index is 1050. The number of aromatic amines is 1. The van der Waals surface area contributed by atoms with E-state index in [0.29, 0.717) is 0 Å². The molecule has 0 spiro atoms. The first-order valence-electron chi connectivity index (χ1n) is 8.13. The zero-order valence-corrected chi connectivity index (χ0v) is 16.1. The molecule has 2 N–H and O–H groups in total. The number of nitrogens with zero attached hydrogens (tertiary/aromatic N) is 3. The lowest BCUT2D eigenvalue weighted by Gasteiger charge is -2.20. The molecule has 0 bridgehead atoms. The topological polar surface area (TPSA) is 108 Å². The number of carbonyl (C=O) groups is 1. The Morgan fingerprint density at radius 2 is 2.07 bits per heavy atom. The molecule has 0 aliphatic carbocycles. The number of halogens is 1. The van der Waals surface area contributed by atoms with E-state index < -0.39 is 23.2 Å². The highest BCUT2D eigenvalue weighted by Gasteiger charge is 2.34. The molecule has 1 aromatic heterocycles. The summed E-state index contributed by atoms with van der Waals surface area (Å²) in [7, 11) is 0. The van der Waals surface area contributed by atoms with Gasteiger partial charge in [0.1, 0.15) is 5.56 Å². The number of allylic oxidation sites excluding steroid dienone is 1. The molecule has 0 fully saturated rings. The van der Waals surface area contributed by atoms with E-state index >= 15 is 0 Å². The maximum atomic E-state index is 12.3. The molecule has 2 heterocycles. The van der Waals surface area contributed by atoms with Crippen LogP contribution in [0, 0.1) is 0 Å². The minimum Gasteiger partial charge on any atom is -0.494 e. The number of H-pyrrole nitrogens is 1. The lowest BCUT2D eigenvalue weighted by atomic mass is 9.99. The van der Waals surface area contributed by atoms with Gasteiger partial charge in [0.25, 0.3) is 5.56 Å². The number of amides is 1. The first-order chi connectivity index (χ1) is 12.8. The van der Waals surface area contributed by atoms with Gasteiger partial charge in [-0.1, -0.05) is 34.1 Å². The van der Waals surface area contributed by atoms with Crippen LogP contribution in [0.2, 0.25) is 0 Å². The van der Waals surface area contributed by atoms with Gasteiger partial charge in [-0.15, -0.1) is 6.58 Å². The third-order valence-electron chi connectivity index (χ3n) is 4.26. The van der Waals surface area contributed by atoms with Crippen LogP contribution >= 0.6 is 15.9 Å². The SMILES string of the molecule is C=CCn1c(O)c(C2=NN(C(C)=O)[C@@H](c3ccc(Br)cc3)C2)c(=O)[nH]c1=O. The number of aromatic nitrogens is 2. The van der Waals surface area contributed by atoms with Crippen LogP contribution in [-0.4, -0.2) is 31.3 Å². The summed E-state index contributed by atoms with van der Waals surface area (Å²) in [5.41, 5.74) is -0.552. The van der Waals surface area contributed by atoms with Crippen LogP contribution in [0.3, 0.4) is 0 Å². The number of hydrogen-bond donors (Lipinski definition) is 2. The Morgan fingerprint density at radius 3 is 2.67 bits per heavy atom. The highest BCUT2D eigenvalue weighted by molar-refractivity contribution is 9.10. The van der Waals surface area contributed by atoms with Gasteiger partial charge in [-0.3, -0.25) is 19.1 Å². The fraction of sp³-hybridized carbons (Fsp3) is 0.222. The highest BCUT2D eigenvalue weighted by Crippen LogP contribution is 2.34. The molecule has 27 heavy (non-hydrogen) atoms. The lowest BCUT2D eigenvalue weighted by Crippen LogP contribution is -2.33.